The summed E-state index contributed by atoms with van der Waals surface area (Å²) >= 11 is 0. The highest BCUT2D eigenvalue weighted by Crippen LogP contribution is 2.23. The minimum atomic E-state index is -0.608. The molecule has 1 unspecified atom stereocenters. The number of nitrogens with two attached hydrogens (primary N) is 1. The number of hydrogen-bond acceptors (Lipinski definition) is 4. The minimum absolute atomic E-state index is 0.0648. The lowest BCUT2D eigenvalue weighted by atomic mass is 9.93. The first-order valence-corrected chi connectivity index (χ1v) is 8.07. The van der Waals surface area contributed by atoms with Gasteiger partial charge in [-0.05, 0) is 44.4 Å². The van der Waals surface area contributed by atoms with Crippen molar-refractivity contribution >= 4 is 11.8 Å². The van der Waals surface area contributed by atoms with E-state index in [1.165, 1.54) is 23.5 Å². The van der Waals surface area contributed by atoms with E-state index in [1.807, 2.05) is 10.9 Å². The molecule has 1 atom stereocenters. The summed E-state index contributed by atoms with van der Waals surface area (Å²) in [6, 6.07) is 3.39. The van der Waals surface area contributed by atoms with Gasteiger partial charge in [-0.1, -0.05) is 0 Å². The van der Waals surface area contributed by atoms with Gasteiger partial charge in [0.05, 0.1) is 11.8 Å². The van der Waals surface area contributed by atoms with Crippen LogP contribution >= 0.6 is 0 Å². The number of primary amides is 1. The first-order valence-electron chi connectivity index (χ1n) is 8.07. The normalized spacial score (nSPS) is 16.7. The van der Waals surface area contributed by atoms with Crippen LogP contribution in [0.15, 0.2) is 24.5 Å². The Morgan fingerprint density at radius 2 is 2.12 bits per heavy atom. The highest BCUT2D eigenvalue weighted by Gasteiger charge is 2.25. The van der Waals surface area contributed by atoms with E-state index in [-0.39, 0.29) is 17.6 Å². The van der Waals surface area contributed by atoms with Gasteiger partial charge in [-0.15, -0.1) is 0 Å². The standard InChI is InChI=1S/C17H21N5O2/c1-10(2)22-15-7-13(5-3-11(15)9-20-22)21-17(24)12-4-6-14(16(18)23)19-8-12/h4,6,8-10,13H,3,5,7H2,1-2H3,(H2,18,23)(H,21,24). The Morgan fingerprint density at radius 3 is 2.75 bits per heavy atom. The number of nitrogens with one attached hydrogen (secondary N) is 1. The maximum Gasteiger partial charge on any atom is 0.267 e. The van der Waals surface area contributed by atoms with Gasteiger partial charge < -0.3 is 11.1 Å². The van der Waals surface area contributed by atoms with Gasteiger partial charge in [0.2, 0.25) is 0 Å². The highest BCUT2D eigenvalue weighted by atomic mass is 16.2. The number of aryl methyl sites for hydroxylation is 1. The van der Waals surface area contributed by atoms with Crippen molar-refractivity contribution in [2.45, 2.75) is 45.2 Å². The van der Waals surface area contributed by atoms with Crippen molar-refractivity contribution in [3.05, 3.63) is 47.0 Å². The minimum Gasteiger partial charge on any atom is -0.364 e. The number of aromatic nitrogens is 3. The zero-order chi connectivity index (χ0) is 17.3. The van der Waals surface area contributed by atoms with E-state index >= 15 is 0 Å². The van der Waals surface area contributed by atoms with Crippen LogP contribution < -0.4 is 11.1 Å². The second-order valence-electron chi connectivity index (χ2n) is 6.36. The fraction of sp³-hybridized carbons (Fsp3) is 0.412. The van der Waals surface area contributed by atoms with Crippen LogP contribution in [0.4, 0.5) is 0 Å². The molecular weight excluding hydrogens is 306 g/mol. The lowest BCUT2D eigenvalue weighted by Crippen LogP contribution is -2.39. The van der Waals surface area contributed by atoms with E-state index in [0.29, 0.717) is 11.6 Å². The molecule has 0 spiro atoms. The Morgan fingerprint density at radius 1 is 1.33 bits per heavy atom. The summed E-state index contributed by atoms with van der Waals surface area (Å²) in [5, 5.41) is 7.49. The van der Waals surface area contributed by atoms with Gasteiger partial charge in [-0.25, -0.2) is 0 Å². The first kappa shape index (κ1) is 16.2. The molecule has 1 aliphatic rings. The van der Waals surface area contributed by atoms with Crippen LogP contribution in [0.3, 0.4) is 0 Å². The Balaban J connectivity index is 1.69. The van der Waals surface area contributed by atoms with Crippen molar-refractivity contribution in [2.24, 2.45) is 5.73 Å². The molecule has 7 heteroatoms. The molecule has 0 saturated carbocycles. The number of pyridine rings is 1. The topological polar surface area (TPSA) is 103 Å². The zero-order valence-corrected chi connectivity index (χ0v) is 13.8. The molecule has 24 heavy (non-hydrogen) atoms. The summed E-state index contributed by atoms with van der Waals surface area (Å²) in [4.78, 5) is 27.3. The highest BCUT2D eigenvalue weighted by molar-refractivity contribution is 5.95. The van der Waals surface area contributed by atoms with E-state index < -0.39 is 5.91 Å². The van der Waals surface area contributed by atoms with Crippen LogP contribution in [0, 0.1) is 0 Å². The SMILES string of the molecule is CC(C)n1ncc2c1CC(NC(=O)c1ccc(C(N)=O)nc1)CC2. The molecule has 0 aliphatic heterocycles. The third kappa shape index (κ3) is 3.15. The van der Waals surface area contributed by atoms with Crippen LogP contribution in [0.25, 0.3) is 0 Å². The number of amides is 2. The third-order valence-electron chi connectivity index (χ3n) is 4.29. The smallest absolute Gasteiger partial charge is 0.267 e. The zero-order valence-electron chi connectivity index (χ0n) is 13.8. The van der Waals surface area contributed by atoms with E-state index in [9.17, 15) is 9.59 Å². The fourth-order valence-corrected chi connectivity index (χ4v) is 3.03. The number of carbonyl (C=O) groups is 2. The maximum absolute atomic E-state index is 12.4. The number of fused-ring (bicyclic) bond motifs is 1. The summed E-state index contributed by atoms with van der Waals surface area (Å²) in [6.07, 6.45) is 5.87. The molecule has 3 N–H and O–H groups in total. The lowest BCUT2D eigenvalue weighted by molar-refractivity contribution is 0.0930. The molecule has 0 radical (unpaired) electrons. The first-order chi connectivity index (χ1) is 11.5. The van der Waals surface area contributed by atoms with Gasteiger partial charge in [0.15, 0.2) is 0 Å². The van der Waals surface area contributed by atoms with Crippen LogP contribution in [-0.4, -0.2) is 32.6 Å². The Hall–Kier alpha value is -2.70. The van der Waals surface area contributed by atoms with Crippen LogP contribution in [-0.2, 0) is 12.8 Å². The Bertz CT molecular complexity index is 764. The molecule has 0 fully saturated rings. The third-order valence-corrected chi connectivity index (χ3v) is 4.29. The number of nitrogens with zero attached hydrogens (tertiary/aromatic N) is 3. The maximum atomic E-state index is 12.4. The van der Waals surface area contributed by atoms with Gasteiger partial charge >= 0.3 is 0 Å². The molecule has 0 saturated heterocycles. The Kier molecular flexibility index (Phi) is 4.33. The van der Waals surface area contributed by atoms with E-state index in [1.54, 1.807) is 6.07 Å². The largest absolute Gasteiger partial charge is 0.364 e. The van der Waals surface area contributed by atoms with E-state index in [4.69, 9.17) is 5.73 Å². The molecule has 7 nitrogen and oxygen atoms in total. The predicted molar refractivity (Wildman–Crippen MR) is 88.6 cm³/mol. The molecule has 0 aromatic carbocycles. The predicted octanol–water partition coefficient (Wildman–Crippen LogP) is 1.25. The quantitative estimate of drug-likeness (QED) is 0.882. The summed E-state index contributed by atoms with van der Waals surface area (Å²) in [7, 11) is 0. The summed E-state index contributed by atoms with van der Waals surface area (Å²) in [5.41, 5.74) is 8.18. The van der Waals surface area contributed by atoms with Crippen LogP contribution in [0.5, 0.6) is 0 Å². The van der Waals surface area contributed by atoms with Crippen molar-refractivity contribution in [2.75, 3.05) is 0 Å². The number of rotatable bonds is 4. The fourth-order valence-electron chi connectivity index (χ4n) is 3.03. The molecule has 3 rings (SSSR count). The molecule has 2 aromatic heterocycles. The van der Waals surface area contributed by atoms with Crippen molar-refractivity contribution < 1.29 is 9.59 Å². The van der Waals surface area contributed by atoms with Crippen molar-refractivity contribution in [1.29, 1.82) is 0 Å². The molecule has 2 amide bonds. The van der Waals surface area contributed by atoms with Crippen molar-refractivity contribution in [1.82, 2.24) is 20.1 Å². The van der Waals surface area contributed by atoms with E-state index in [0.717, 1.165) is 19.3 Å². The molecule has 126 valence electrons. The summed E-state index contributed by atoms with van der Waals surface area (Å²) in [6.45, 7) is 4.20. The second-order valence-corrected chi connectivity index (χ2v) is 6.36. The molecular formula is C17H21N5O2. The summed E-state index contributed by atoms with van der Waals surface area (Å²) < 4.78 is 2.02. The molecule has 1 aliphatic carbocycles. The van der Waals surface area contributed by atoms with Gasteiger partial charge in [-0.3, -0.25) is 19.3 Å². The van der Waals surface area contributed by atoms with Crippen LogP contribution in [0.2, 0.25) is 0 Å². The number of carbonyl (C=O) groups excluding carboxylic acids is 2. The van der Waals surface area contributed by atoms with Crippen molar-refractivity contribution in [3.63, 3.8) is 0 Å². The lowest BCUT2D eigenvalue weighted by Gasteiger charge is -2.25. The van der Waals surface area contributed by atoms with Gasteiger partial charge in [0.25, 0.3) is 11.8 Å². The average Bonchev–Trinajstić information content (AvgIpc) is 2.98. The van der Waals surface area contributed by atoms with Crippen molar-refractivity contribution in [3.8, 4) is 0 Å². The molecule has 2 heterocycles. The average molecular weight is 327 g/mol. The van der Waals surface area contributed by atoms with E-state index in [2.05, 4.69) is 29.2 Å². The van der Waals surface area contributed by atoms with Gasteiger partial charge in [-0.2, -0.15) is 5.10 Å². The van der Waals surface area contributed by atoms with Gasteiger partial charge in [0.1, 0.15) is 5.69 Å². The number of hydrogen-bond donors (Lipinski definition) is 2. The Labute approximate surface area is 140 Å². The second kappa shape index (κ2) is 6.43. The molecule has 2 aromatic rings. The monoisotopic (exact) mass is 327 g/mol. The van der Waals surface area contributed by atoms with Gasteiger partial charge in [0, 0.05) is 30.4 Å². The summed E-state index contributed by atoms with van der Waals surface area (Å²) in [5.74, 6) is -0.800. The molecule has 0 bridgehead atoms. The van der Waals surface area contributed by atoms with Crippen LogP contribution in [0.1, 0.15) is 58.4 Å².